The van der Waals surface area contributed by atoms with E-state index in [1.165, 1.54) is 24.3 Å². The monoisotopic (exact) mass is 303 g/mol. The second-order valence-electron chi connectivity index (χ2n) is 5.37. The maximum Gasteiger partial charge on any atom is 0.260 e. The first-order chi connectivity index (χ1) is 10.7. The summed E-state index contributed by atoms with van der Waals surface area (Å²) >= 11 is 0. The van der Waals surface area contributed by atoms with Gasteiger partial charge < -0.3 is 14.6 Å². The quantitative estimate of drug-likeness (QED) is 0.943. The first kappa shape index (κ1) is 14.6. The van der Waals surface area contributed by atoms with Gasteiger partial charge >= 0.3 is 0 Å². The van der Waals surface area contributed by atoms with Crippen LogP contribution in [0.15, 0.2) is 36.7 Å². The van der Waals surface area contributed by atoms with Crippen LogP contribution >= 0.6 is 0 Å². The summed E-state index contributed by atoms with van der Waals surface area (Å²) in [6.07, 6.45) is 5.37. The Morgan fingerprint density at radius 1 is 1.32 bits per heavy atom. The van der Waals surface area contributed by atoms with Crippen molar-refractivity contribution in [2.45, 2.75) is 18.8 Å². The van der Waals surface area contributed by atoms with Crippen LogP contribution < -0.4 is 4.74 Å². The highest BCUT2D eigenvalue weighted by Gasteiger charge is 2.25. The molecular weight excluding hydrogens is 285 g/mol. The molecule has 1 aliphatic heterocycles. The van der Waals surface area contributed by atoms with Crippen molar-refractivity contribution in [3.8, 4) is 5.75 Å². The molecule has 0 spiro atoms. The molecule has 1 aromatic heterocycles. The largest absolute Gasteiger partial charge is 0.484 e. The Morgan fingerprint density at radius 3 is 2.68 bits per heavy atom. The zero-order valence-electron chi connectivity index (χ0n) is 12.2. The van der Waals surface area contributed by atoms with Crippen LogP contribution in [0, 0.1) is 5.82 Å². The number of ether oxygens (including phenoxy) is 1. The van der Waals surface area contributed by atoms with Crippen LogP contribution in [0.25, 0.3) is 0 Å². The van der Waals surface area contributed by atoms with Crippen molar-refractivity contribution >= 4 is 5.91 Å². The number of carbonyl (C=O) groups excluding carboxylic acids is 1. The van der Waals surface area contributed by atoms with Crippen LogP contribution in [0.5, 0.6) is 5.75 Å². The molecule has 0 radical (unpaired) electrons. The number of hydrogen-bond donors (Lipinski definition) is 1. The Morgan fingerprint density at radius 2 is 2.05 bits per heavy atom. The molecule has 0 unspecified atom stereocenters. The number of H-pyrrole nitrogens is 1. The molecule has 1 amide bonds. The average molecular weight is 303 g/mol. The van der Waals surface area contributed by atoms with Gasteiger partial charge in [-0.25, -0.2) is 9.37 Å². The Labute approximate surface area is 128 Å². The van der Waals surface area contributed by atoms with E-state index < -0.39 is 0 Å². The highest BCUT2D eigenvalue weighted by atomic mass is 19.1. The minimum Gasteiger partial charge on any atom is -0.484 e. The predicted octanol–water partition coefficient (Wildman–Crippen LogP) is 2.33. The fourth-order valence-corrected chi connectivity index (χ4v) is 2.67. The van der Waals surface area contributed by atoms with Gasteiger partial charge in [-0.15, -0.1) is 0 Å². The normalized spacial score (nSPS) is 15.8. The number of nitrogens with zero attached hydrogens (tertiary/aromatic N) is 2. The zero-order chi connectivity index (χ0) is 15.4. The average Bonchev–Trinajstić information content (AvgIpc) is 3.09. The molecule has 1 fully saturated rings. The lowest BCUT2D eigenvalue weighted by molar-refractivity contribution is -0.134. The van der Waals surface area contributed by atoms with Crippen molar-refractivity contribution in [2.24, 2.45) is 0 Å². The Hall–Kier alpha value is -2.37. The van der Waals surface area contributed by atoms with Crippen molar-refractivity contribution in [1.82, 2.24) is 14.9 Å². The molecule has 3 rings (SSSR count). The SMILES string of the molecule is O=C(COc1ccc(F)cc1)N1CCC(c2ncc[nH]2)CC1. The van der Waals surface area contributed by atoms with Gasteiger partial charge in [0.15, 0.2) is 6.61 Å². The van der Waals surface area contributed by atoms with Gasteiger partial charge in [0.25, 0.3) is 5.91 Å². The molecular formula is C16H18FN3O2. The van der Waals surface area contributed by atoms with E-state index in [0.29, 0.717) is 24.8 Å². The van der Waals surface area contributed by atoms with E-state index in [4.69, 9.17) is 4.74 Å². The summed E-state index contributed by atoms with van der Waals surface area (Å²) in [5.74, 6) is 1.52. The molecule has 22 heavy (non-hydrogen) atoms. The summed E-state index contributed by atoms with van der Waals surface area (Å²) in [5.41, 5.74) is 0. The number of likely N-dealkylation sites (tertiary alicyclic amines) is 1. The molecule has 5 nitrogen and oxygen atoms in total. The maximum absolute atomic E-state index is 12.8. The molecule has 0 saturated carbocycles. The third kappa shape index (κ3) is 3.44. The summed E-state index contributed by atoms with van der Waals surface area (Å²) in [5, 5.41) is 0. The van der Waals surface area contributed by atoms with Gasteiger partial charge in [0.2, 0.25) is 0 Å². The van der Waals surface area contributed by atoms with E-state index in [1.54, 1.807) is 6.20 Å². The summed E-state index contributed by atoms with van der Waals surface area (Å²) < 4.78 is 18.2. The first-order valence-corrected chi connectivity index (χ1v) is 7.38. The maximum atomic E-state index is 12.8. The van der Waals surface area contributed by atoms with E-state index in [-0.39, 0.29) is 18.3 Å². The number of amides is 1. The second kappa shape index (κ2) is 6.60. The molecule has 2 aromatic rings. The van der Waals surface area contributed by atoms with Crippen LogP contribution in [-0.2, 0) is 4.79 Å². The minimum atomic E-state index is -0.321. The number of aromatic amines is 1. The molecule has 0 bridgehead atoms. The van der Waals surface area contributed by atoms with Gasteiger partial charge in [0.05, 0.1) is 0 Å². The molecule has 2 heterocycles. The van der Waals surface area contributed by atoms with Gasteiger partial charge in [0.1, 0.15) is 17.4 Å². The van der Waals surface area contributed by atoms with Crippen LogP contribution in [0.2, 0.25) is 0 Å². The standard InChI is InChI=1S/C16H18FN3O2/c17-13-1-3-14(4-2-13)22-11-15(21)20-9-5-12(6-10-20)16-18-7-8-19-16/h1-4,7-8,12H,5-6,9-11H2,(H,18,19). The summed E-state index contributed by atoms with van der Waals surface area (Å²) in [4.78, 5) is 21.4. The smallest absolute Gasteiger partial charge is 0.260 e. The molecule has 0 aliphatic carbocycles. The Kier molecular flexibility index (Phi) is 4.37. The number of imidazole rings is 1. The predicted molar refractivity (Wildman–Crippen MR) is 79.0 cm³/mol. The first-order valence-electron chi connectivity index (χ1n) is 7.38. The number of aromatic nitrogens is 2. The van der Waals surface area contributed by atoms with Crippen LogP contribution in [0.3, 0.4) is 0 Å². The zero-order valence-corrected chi connectivity index (χ0v) is 12.2. The van der Waals surface area contributed by atoms with Crippen molar-refractivity contribution in [3.63, 3.8) is 0 Å². The number of carbonyl (C=O) groups is 1. The molecule has 1 aromatic carbocycles. The third-order valence-electron chi connectivity index (χ3n) is 3.93. The van der Waals surface area contributed by atoms with Gasteiger partial charge in [-0.3, -0.25) is 4.79 Å². The molecule has 1 aliphatic rings. The summed E-state index contributed by atoms with van der Waals surface area (Å²) in [7, 11) is 0. The number of halogens is 1. The fourth-order valence-electron chi connectivity index (χ4n) is 2.67. The number of benzene rings is 1. The topological polar surface area (TPSA) is 58.2 Å². The fraction of sp³-hybridized carbons (Fsp3) is 0.375. The third-order valence-corrected chi connectivity index (χ3v) is 3.93. The van der Waals surface area contributed by atoms with E-state index in [9.17, 15) is 9.18 Å². The Bertz CT molecular complexity index is 605. The van der Waals surface area contributed by atoms with Crippen molar-refractivity contribution in [3.05, 3.63) is 48.3 Å². The highest BCUT2D eigenvalue weighted by Crippen LogP contribution is 2.25. The molecule has 6 heteroatoms. The molecule has 116 valence electrons. The van der Waals surface area contributed by atoms with E-state index in [0.717, 1.165) is 18.7 Å². The van der Waals surface area contributed by atoms with Gasteiger partial charge in [-0.2, -0.15) is 0 Å². The second-order valence-corrected chi connectivity index (χ2v) is 5.37. The lowest BCUT2D eigenvalue weighted by atomic mass is 9.96. The summed E-state index contributed by atoms with van der Waals surface area (Å²) in [6.45, 7) is 1.39. The lowest BCUT2D eigenvalue weighted by Crippen LogP contribution is -2.40. The van der Waals surface area contributed by atoms with Crippen LogP contribution in [-0.4, -0.2) is 40.5 Å². The number of rotatable bonds is 4. The van der Waals surface area contributed by atoms with Gasteiger partial charge in [-0.05, 0) is 37.1 Å². The molecule has 1 N–H and O–H groups in total. The highest BCUT2D eigenvalue weighted by molar-refractivity contribution is 5.77. The van der Waals surface area contributed by atoms with Gasteiger partial charge in [0, 0.05) is 31.4 Å². The van der Waals surface area contributed by atoms with Crippen molar-refractivity contribution in [1.29, 1.82) is 0 Å². The summed E-state index contributed by atoms with van der Waals surface area (Å²) in [6, 6.07) is 5.67. The van der Waals surface area contributed by atoms with E-state index in [1.807, 2.05) is 11.1 Å². The van der Waals surface area contributed by atoms with Crippen molar-refractivity contribution < 1.29 is 13.9 Å². The van der Waals surface area contributed by atoms with Crippen LogP contribution in [0.4, 0.5) is 4.39 Å². The molecule has 1 saturated heterocycles. The number of hydrogen-bond acceptors (Lipinski definition) is 3. The number of piperidine rings is 1. The minimum absolute atomic E-state index is 0.0168. The van der Waals surface area contributed by atoms with Gasteiger partial charge in [-0.1, -0.05) is 0 Å². The lowest BCUT2D eigenvalue weighted by Gasteiger charge is -2.31. The number of nitrogens with one attached hydrogen (secondary N) is 1. The van der Waals surface area contributed by atoms with E-state index in [2.05, 4.69) is 9.97 Å². The van der Waals surface area contributed by atoms with Crippen LogP contribution in [0.1, 0.15) is 24.6 Å². The molecule has 0 atom stereocenters. The Balaban J connectivity index is 1.46. The van der Waals surface area contributed by atoms with Crippen molar-refractivity contribution in [2.75, 3.05) is 19.7 Å². The van der Waals surface area contributed by atoms with E-state index >= 15 is 0 Å².